The summed E-state index contributed by atoms with van der Waals surface area (Å²) < 4.78 is 26.5. The summed E-state index contributed by atoms with van der Waals surface area (Å²) in [4.78, 5) is 11.8. The van der Waals surface area contributed by atoms with Gasteiger partial charge in [-0.1, -0.05) is 12.8 Å². The molecule has 1 aromatic carbocycles. The number of Topliss-reactive ketones (excluding diaryl/α,β-unsaturated/α-hetero) is 1. The molecule has 0 aromatic heterocycles. The van der Waals surface area contributed by atoms with Gasteiger partial charge in [-0.3, -0.25) is 4.79 Å². The van der Waals surface area contributed by atoms with Crippen molar-refractivity contribution in [2.45, 2.75) is 38.5 Å². The molecule has 1 aromatic rings. The van der Waals surface area contributed by atoms with Crippen LogP contribution >= 0.6 is 0 Å². The number of carbonyl (C=O) groups excluding carboxylic acids is 1. The predicted octanol–water partition coefficient (Wildman–Crippen LogP) is 3.66. The molecule has 3 heteroatoms. The third kappa shape index (κ3) is 3.11. The predicted molar refractivity (Wildman–Crippen MR) is 61.6 cm³/mol. The van der Waals surface area contributed by atoms with Crippen molar-refractivity contribution in [1.82, 2.24) is 0 Å². The standard InChI is InChI=1S/C14H16F2O/c15-12-6-7-13(16)11(9-12)8-10-4-2-1-3-5-14(10)17/h6-7,9-10H,1-5,8H2. The minimum Gasteiger partial charge on any atom is -0.299 e. The first-order valence-electron chi connectivity index (χ1n) is 6.13. The van der Waals surface area contributed by atoms with Gasteiger partial charge in [-0.15, -0.1) is 0 Å². The van der Waals surface area contributed by atoms with Crippen LogP contribution in [0.2, 0.25) is 0 Å². The highest BCUT2D eigenvalue weighted by atomic mass is 19.1. The number of benzene rings is 1. The summed E-state index contributed by atoms with van der Waals surface area (Å²) in [6, 6.07) is 3.44. The van der Waals surface area contributed by atoms with Crippen LogP contribution in [0.3, 0.4) is 0 Å². The number of rotatable bonds is 2. The van der Waals surface area contributed by atoms with Crippen molar-refractivity contribution in [2.75, 3.05) is 0 Å². The maximum atomic E-state index is 13.5. The molecular weight excluding hydrogens is 222 g/mol. The molecule has 92 valence electrons. The van der Waals surface area contributed by atoms with E-state index in [0.29, 0.717) is 18.4 Å². The van der Waals surface area contributed by atoms with Crippen molar-refractivity contribution in [3.63, 3.8) is 0 Å². The Hall–Kier alpha value is -1.25. The number of carbonyl (C=O) groups is 1. The van der Waals surface area contributed by atoms with Crippen molar-refractivity contribution in [3.05, 3.63) is 35.4 Å². The maximum Gasteiger partial charge on any atom is 0.136 e. The maximum absolute atomic E-state index is 13.5. The lowest BCUT2D eigenvalue weighted by atomic mass is 9.91. The molecule has 0 heterocycles. The van der Waals surface area contributed by atoms with Gasteiger partial charge in [0.05, 0.1) is 0 Å². The van der Waals surface area contributed by atoms with Gasteiger partial charge in [0.25, 0.3) is 0 Å². The molecule has 1 aliphatic rings. The van der Waals surface area contributed by atoms with Gasteiger partial charge < -0.3 is 0 Å². The quantitative estimate of drug-likeness (QED) is 0.719. The van der Waals surface area contributed by atoms with E-state index in [1.54, 1.807) is 0 Å². The largest absolute Gasteiger partial charge is 0.299 e. The average molecular weight is 238 g/mol. The highest BCUT2D eigenvalue weighted by molar-refractivity contribution is 5.81. The van der Waals surface area contributed by atoms with Crippen LogP contribution in [0, 0.1) is 17.6 Å². The molecule has 2 rings (SSSR count). The number of hydrogen-bond acceptors (Lipinski definition) is 1. The Morgan fingerprint density at radius 3 is 2.82 bits per heavy atom. The van der Waals surface area contributed by atoms with Crippen LogP contribution in [-0.4, -0.2) is 5.78 Å². The highest BCUT2D eigenvalue weighted by Gasteiger charge is 2.22. The van der Waals surface area contributed by atoms with Gasteiger partial charge in [-0.25, -0.2) is 8.78 Å². The van der Waals surface area contributed by atoms with E-state index in [0.717, 1.165) is 37.8 Å². The van der Waals surface area contributed by atoms with Crippen molar-refractivity contribution < 1.29 is 13.6 Å². The van der Waals surface area contributed by atoms with Gasteiger partial charge >= 0.3 is 0 Å². The van der Waals surface area contributed by atoms with Crippen molar-refractivity contribution >= 4 is 5.78 Å². The van der Waals surface area contributed by atoms with E-state index >= 15 is 0 Å². The Balaban J connectivity index is 2.13. The molecule has 0 aliphatic heterocycles. The molecule has 0 N–H and O–H groups in total. The first-order chi connectivity index (χ1) is 8.16. The summed E-state index contributed by atoms with van der Waals surface area (Å²) in [5.74, 6) is -0.786. The van der Waals surface area contributed by atoms with E-state index in [1.165, 1.54) is 6.07 Å². The molecule has 1 unspecified atom stereocenters. The van der Waals surface area contributed by atoms with E-state index in [2.05, 4.69) is 0 Å². The number of ketones is 1. The first kappa shape index (κ1) is 12.2. The Morgan fingerprint density at radius 1 is 1.18 bits per heavy atom. The van der Waals surface area contributed by atoms with Crippen LogP contribution < -0.4 is 0 Å². The van der Waals surface area contributed by atoms with E-state index < -0.39 is 11.6 Å². The van der Waals surface area contributed by atoms with Gasteiger partial charge in [0, 0.05) is 12.3 Å². The van der Waals surface area contributed by atoms with Crippen LogP contribution in [0.1, 0.15) is 37.7 Å². The molecular formula is C14H16F2O. The summed E-state index contributed by atoms with van der Waals surface area (Å²) in [6.07, 6.45) is 4.72. The lowest BCUT2D eigenvalue weighted by molar-refractivity contribution is -0.122. The van der Waals surface area contributed by atoms with Crippen molar-refractivity contribution in [1.29, 1.82) is 0 Å². The fourth-order valence-electron chi connectivity index (χ4n) is 2.41. The van der Waals surface area contributed by atoms with E-state index in [1.807, 2.05) is 0 Å². The Kier molecular flexibility index (Phi) is 3.87. The molecule has 17 heavy (non-hydrogen) atoms. The Morgan fingerprint density at radius 2 is 2.00 bits per heavy atom. The van der Waals surface area contributed by atoms with E-state index in [9.17, 15) is 13.6 Å². The lowest BCUT2D eigenvalue weighted by Crippen LogP contribution is -2.16. The van der Waals surface area contributed by atoms with Gasteiger partial charge in [0.2, 0.25) is 0 Å². The SMILES string of the molecule is O=C1CCCCCC1Cc1cc(F)ccc1F. The summed E-state index contributed by atoms with van der Waals surface area (Å²) in [7, 11) is 0. The third-order valence-corrected chi connectivity index (χ3v) is 3.41. The second-order valence-corrected chi connectivity index (χ2v) is 4.70. The Labute approximate surface area is 99.8 Å². The van der Waals surface area contributed by atoms with Gasteiger partial charge in [0.15, 0.2) is 0 Å². The van der Waals surface area contributed by atoms with Crippen molar-refractivity contribution in [3.8, 4) is 0 Å². The van der Waals surface area contributed by atoms with Crippen LogP contribution in [0.5, 0.6) is 0 Å². The molecule has 0 spiro atoms. The van der Waals surface area contributed by atoms with E-state index in [-0.39, 0.29) is 11.7 Å². The normalized spacial score (nSPS) is 21.3. The minimum absolute atomic E-state index is 0.131. The fourth-order valence-corrected chi connectivity index (χ4v) is 2.41. The summed E-state index contributed by atoms with van der Waals surface area (Å²) in [6.45, 7) is 0. The zero-order valence-electron chi connectivity index (χ0n) is 9.72. The fraction of sp³-hybridized carbons (Fsp3) is 0.500. The first-order valence-corrected chi connectivity index (χ1v) is 6.13. The summed E-state index contributed by atoms with van der Waals surface area (Å²) in [5, 5.41) is 0. The molecule has 1 nitrogen and oxygen atoms in total. The molecule has 0 radical (unpaired) electrons. The Bertz CT molecular complexity index is 415. The van der Waals surface area contributed by atoms with Crippen LogP contribution in [0.4, 0.5) is 8.78 Å². The zero-order chi connectivity index (χ0) is 12.3. The zero-order valence-corrected chi connectivity index (χ0v) is 9.72. The second-order valence-electron chi connectivity index (χ2n) is 4.70. The van der Waals surface area contributed by atoms with Crippen LogP contribution in [-0.2, 0) is 11.2 Å². The minimum atomic E-state index is -0.442. The molecule has 1 fully saturated rings. The number of halogens is 2. The molecule has 1 saturated carbocycles. The third-order valence-electron chi connectivity index (χ3n) is 3.41. The molecule has 1 atom stereocenters. The average Bonchev–Trinajstić information content (AvgIpc) is 2.50. The van der Waals surface area contributed by atoms with Gasteiger partial charge in [-0.2, -0.15) is 0 Å². The van der Waals surface area contributed by atoms with Crippen LogP contribution in [0.15, 0.2) is 18.2 Å². The van der Waals surface area contributed by atoms with Gasteiger partial charge in [0.1, 0.15) is 17.4 Å². The molecule has 1 aliphatic carbocycles. The summed E-state index contributed by atoms with van der Waals surface area (Å²) in [5.41, 5.74) is 0.324. The summed E-state index contributed by atoms with van der Waals surface area (Å²) >= 11 is 0. The highest BCUT2D eigenvalue weighted by Crippen LogP contribution is 2.24. The van der Waals surface area contributed by atoms with E-state index in [4.69, 9.17) is 0 Å². The lowest BCUT2D eigenvalue weighted by Gasteiger charge is -2.13. The monoisotopic (exact) mass is 238 g/mol. The molecule has 0 saturated heterocycles. The smallest absolute Gasteiger partial charge is 0.136 e. The topological polar surface area (TPSA) is 17.1 Å². The molecule has 0 bridgehead atoms. The van der Waals surface area contributed by atoms with Crippen molar-refractivity contribution in [2.24, 2.45) is 5.92 Å². The number of hydrogen-bond donors (Lipinski definition) is 0. The van der Waals surface area contributed by atoms with Crippen LogP contribution in [0.25, 0.3) is 0 Å². The van der Waals surface area contributed by atoms with Gasteiger partial charge in [-0.05, 0) is 43.0 Å². The second kappa shape index (κ2) is 5.39. The molecule has 0 amide bonds.